The number of aromatic carboxylic acids is 1. The smallest absolute Gasteiger partial charge is 0.336 e. The maximum Gasteiger partial charge on any atom is 0.336 e. The second-order valence-corrected chi connectivity index (χ2v) is 2.63. The van der Waals surface area contributed by atoms with Crippen molar-refractivity contribution in [1.82, 2.24) is 0 Å². The predicted octanol–water partition coefficient (Wildman–Crippen LogP) is 1.79. The van der Waals surface area contributed by atoms with E-state index in [1.807, 2.05) is 0 Å². The van der Waals surface area contributed by atoms with Crippen LogP contribution in [0.2, 0.25) is 0 Å². The third kappa shape index (κ3) is 2.82. The number of halogens is 1. The minimum atomic E-state index is -1.17. The molecule has 0 spiro atoms. The van der Waals surface area contributed by atoms with Crippen molar-refractivity contribution >= 4 is 5.97 Å². The Kier molecular flexibility index (Phi) is 3.43. The quantitative estimate of drug-likeness (QED) is 0.708. The zero-order chi connectivity index (χ0) is 11.3. The lowest BCUT2D eigenvalue weighted by molar-refractivity contribution is 0.0696. The summed E-state index contributed by atoms with van der Waals surface area (Å²) in [6, 6.07) is 5.02. The van der Waals surface area contributed by atoms with E-state index in [9.17, 15) is 9.18 Å². The number of benzene rings is 1. The Morgan fingerprint density at radius 3 is 2.87 bits per heavy atom. The largest absolute Gasteiger partial charge is 0.478 e. The third-order valence-electron chi connectivity index (χ3n) is 1.60. The molecule has 0 radical (unpaired) electrons. The Morgan fingerprint density at radius 1 is 1.53 bits per heavy atom. The van der Waals surface area contributed by atoms with E-state index in [2.05, 4.69) is 11.8 Å². The lowest BCUT2D eigenvalue weighted by Crippen LogP contribution is -2.00. The Labute approximate surface area is 85.8 Å². The zero-order valence-electron chi connectivity index (χ0n) is 7.62. The first-order valence-electron chi connectivity index (χ1n) is 4.04. The summed E-state index contributed by atoms with van der Waals surface area (Å²) in [6.07, 6.45) is -0.0183. The summed E-state index contributed by atoms with van der Waals surface area (Å²) in [5.74, 6) is 3.15. The molecule has 0 atom stereocenters. The Morgan fingerprint density at radius 2 is 2.27 bits per heavy atom. The van der Waals surface area contributed by atoms with E-state index in [0.717, 1.165) is 18.2 Å². The van der Waals surface area contributed by atoms with Crippen LogP contribution in [-0.2, 0) is 0 Å². The topological polar surface area (TPSA) is 61.1 Å². The fourth-order valence-corrected chi connectivity index (χ4v) is 0.985. The summed E-state index contributed by atoms with van der Waals surface area (Å²) < 4.78 is 12.8. The summed E-state index contributed by atoms with van der Waals surface area (Å²) in [5, 5.41) is 17.0. The summed E-state index contributed by atoms with van der Waals surface area (Å²) in [5.41, 5.74) is 0.0135. The number of hydrogen-bond acceptors (Lipinski definition) is 2. The van der Waals surface area contributed by atoms with E-state index in [1.165, 1.54) is 0 Å². The van der Waals surface area contributed by atoms with Crippen molar-refractivity contribution in [2.75, 3.05) is 0 Å². The number of nitriles is 1. The first-order valence-corrected chi connectivity index (χ1v) is 4.04. The minimum Gasteiger partial charge on any atom is -0.478 e. The maximum absolute atomic E-state index is 12.8. The summed E-state index contributed by atoms with van der Waals surface area (Å²) in [6.45, 7) is 0. The molecule has 1 N–H and O–H groups in total. The van der Waals surface area contributed by atoms with Crippen molar-refractivity contribution in [3.8, 4) is 17.9 Å². The summed E-state index contributed by atoms with van der Waals surface area (Å²) in [4.78, 5) is 10.7. The Hall–Kier alpha value is -2.33. The lowest BCUT2D eigenvalue weighted by atomic mass is 10.1. The van der Waals surface area contributed by atoms with E-state index < -0.39 is 11.8 Å². The molecule has 0 heterocycles. The van der Waals surface area contributed by atoms with Gasteiger partial charge in [-0.3, -0.25) is 0 Å². The fraction of sp³-hybridized carbons (Fsp3) is 0.0909. The summed E-state index contributed by atoms with van der Waals surface area (Å²) in [7, 11) is 0. The molecule has 0 saturated heterocycles. The van der Waals surface area contributed by atoms with Gasteiger partial charge in [-0.15, -0.1) is 0 Å². The van der Waals surface area contributed by atoms with Gasteiger partial charge >= 0.3 is 5.97 Å². The molecule has 0 aliphatic heterocycles. The maximum atomic E-state index is 12.8. The predicted molar refractivity (Wildman–Crippen MR) is 50.5 cm³/mol. The SMILES string of the molecule is N#CCC#Cc1cc(F)ccc1C(=O)O. The second kappa shape index (κ2) is 4.78. The van der Waals surface area contributed by atoms with Crippen LogP contribution in [0.25, 0.3) is 0 Å². The number of carboxylic acids is 1. The molecule has 0 aromatic heterocycles. The van der Waals surface area contributed by atoms with Crippen LogP contribution in [0.5, 0.6) is 0 Å². The van der Waals surface area contributed by atoms with Crippen LogP contribution in [0.3, 0.4) is 0 Å². The first-order chi connectivity index (χ1) is 7.15. The molecular formula is C11H6FNO2. The van der Waals surface area contributed by atoms with E-state index >= 15 is 0 Å². The van der Waals surface area contributed by atoms with Crippen molar-refractivity contribution in [2.45, 2.75) is 6.42 Å². The van der Waals surface area contributed by atoms with Gasteiger partial charge in [0.25, 0.3) is 0 Å². The van der Waals surface area contributed by atoms with Crippen molar-refractivity contribution in [3.63, 3.8) is 0 Å². The lowest BCUT2D eigenvalue weighted by Gasteiger charge is -1.98. The van der Waals surface area contributed by atoms with Crippen molar-refractivity contribution in [2.24, 2.45) is 0 Å². The van der Waals surface area contributed by atoms with E-state index in [4.69, 9.17) is 10.4 Å². The van der Waals surface area contributed by atoms with Gasteiger partial charge < -0.3 is 5.11 Å². The standard InChI is InChI=1S/C11H6FNO2/c12-9-4-5-10(11(14)15)8(7-9)3-1-2-6-13/h4-5,7H,2H2,(H,14,15). The molecule has 0 fully saturated rings. The van der Waals surface area contributed by atoms with Crippen LogP contribution in [0.1, 0.15) is 22.3 Å². The normalized spacial score (nSPS) is 8.53. The van der Waals surface area contributed by atoms with E-state index in [0.29, 0.717) is 0 Å². The highest BCUT2D eigenvalue weighted by Crippen LogP contribution is 2.10. The van der Waals surface area contributed by atoms with Crippen molar-refractivity contribution < 1.29 is 14.3 Å². The molecule has 4 heteroatoms. The van der Waals surface area contributed by atoms with Crippen molar-refractivity contribution in [1.29, 1.82) is 5.26 Å². The van der Waals surface area contributed by atoms with Crippen LogP contribution in [-0.4, -0.2) is 11.1 Å². The molecule has 0 bridgehead atoms. The van der Waals surface area contributed by atoms with E-state index in [1.54, 1.807) is 6.07 Å². The van der Waals surface area contributed by atoms with Crippen LogP contribution in [0.4, 0.5) is 4.39 Å². The Bertz CT molecular complexity index is 492. The van der Waals surface area contributed by atoms with Gasteiger partial charge in [-0.25, -0.2) is 9.18 Å². The van der Waals surface area contributed by atoms with Gasteiger partial charge in [0, 0.05) is 5.56 Å². The first kappa shape index (κ1) is 10.7. The molecule has 3 nitrogen and oxygen atoms in total. The molecule has 0 unspecified atom stereocenters. The number of nitrogens with zero attached hydrogens (tertiary/aromatic N) is 1. The average molecular weight is 203 g/mol. The van der Waals surface area contributed by atoms with Crippen LogP contribution < -0.4 is 0 Å². The average Bonchev–Trinajstić information content (AvgIpc) is 2.18. The van der Waals surface area contributed by atoms with Crippen LogP contribution >= 0.6 is 0 Å². The highest BCUT2D eigenvalue weighted by atomic mass is 19.1. The van der Waals surface area contributed by atoms with Gasteiger partial charge in [-0.2, -0.15) is 5.26 Å². The molecule has 0 aliphatic rings. The molecule has 74 valence electrons. The molecule has 15 heavy (non-hydrogen) atoms. The van der Waals surface area contributed by atoms with Gasteiger partial charge in [-0.1, -0.05) is 11.8 Å². The minimum absolute atomic E-state index is 0.0183. The monoisotopic (exact) mass is 203 g/mol. The highest BCUT2D eigenvalue weighted by Gasteiger charge is 2.08. The molecule has 1 aromatic rings. The van der Waals surface area contributed by atoms with Gasteiger partial charge in [-0.05, 0) is 18.2 Å². The molecular weight excluding hydrogens is 197 g/mol. The number of carboxylic acid groups (broad SMARTS) is 1. The van der Waals surface area contributed by atoms with Crippen LogP contribution in [0, 0.1) is 29.0 Å². The summed E-state index contributed by atoms with van der Waals surface area (Å²) >= 11 is 0. The van der Waals surface area contributed by atoms with Gasteiger partial charge in [0.05, 0.1) is 18.1 Å². The molecule has 0 amide bonds. The number of hydrogen-bond donors (Lipinski definition) is 1. The van der Waals surface area contributed by atoms with Gasteiger partial charge in [0.15, 0.2) is 0 Å². The molecule has 1 rings (SSSR count). The highest BCUT2D eigenvalue weighted by molar-refractivity contribution is 5.90. The van der Waals surface area contributed by atoms with Gasteiger partial charge in [0.2, 0.25) is 0 Å². The molecule has 1 aromatic carbocycles. The Balaban J connectivity index is 3.16. The fourth-order valence-electron chi connectivity index (χ4n) is 0.985. The number of rotatable bonds is 1. The van der Waals surface area contributed by atoms with Crippen LogP contribution in [0.15, 0.2) is 18.2 Å². The van der Waals surface area contributed by atoms with E-state index in [-0.39, 0.29) is 17.5 Å². The third-order valence-corrected chi connectivity index (χ3v) is 1.60. The zero-order valence-corrected chi connectivity index (χ0v) is 7.62. The second-order valence-electron chi connectivity index (χ2n) is 2.63. The molecule has 0 saturated carbocycles. The number of carbonyl (C=O) groups is 1. The molecule has 0 aliphatic carbocycles. The van der Waals surface area contributed by atoms with Gasteiger partial charge in [0.1, 0.15) is 5.82 Å². The van der Waals surface area contributed by atoms with Crippen molar-refractivity contribution in [3.05, 3.63) is 35.1 Å².